The van der Waals surface area contributed by atoms with E-state index in [4.69, 9.17) is 4.74 Å². The van der Waals surface area contributed by atoms with Crippen LogP contribution in [0, 0.1) is 11.3 Å². The van der Waals surface area contributed by atoms with Crippen molar-refractivity contribution in [3.05, 3.63) is 11.9 Å². The van der Waals surface area contributed by atoms with Gasteiger partial charge >= 0.3 is 5.97 Å². The van der Waals surface area contributed by atoms with E-state index < -0.39 is 11.8 Å². The quantitative estimate of drug-likeness (QED) is 0.514. The van der Waals surface area contributed by atoms with Gasteiger partial charge in [-0.2, -0.15) is 4.39 Å². The van der Waals surface area contributed by atoms with Crippen molar-refractivity contribution in [2.24, 2.45) is 11.3 Å². The maximum atomic E-state index is 13.2. The minimum atomic E-state index is -0.782. The van der Waals surface area contributed by atoms with E-state index in [1.54, 1.807) is 0 Å². The molecule has 0 radical (unpaired) electrons. The van der Waals surface area contributed by atoms with Crippen molar-refractivity contribution >= 4 is 5.97 Å². The molecule has 0 spiro atoms. The molecule has 0 N–H and O–H groups in total. The molecule has 14 heavy (non-hydrogen) atoms. The van der Waals surface area contributed by atoms with E-state index >= 15 is 0 Å². The van der Waals surface area contributed by atoms with Crippen LogP contribution in [0.2, 0.25) is 0 Å². The molecular formula is C11H15FO2. The molecule has 0 aromatic rings. The lowest BCUT2D eigenvalue weighted by atomic mass is 10.1. The van der Waals surface area contributed by atoms with Crippen LogP contribution in [0.3, 0.4) is 0 Å². The maximum Gasteiger partial charge on any atom is 0.367 e. The molecule has 2 rings (SSSR count). The van der Waals surface area contributed by atoms with Gasteiger partial charge in [0.05, 0.1) is 0 Å². The standard InChI is InChI=1S/C11H15FO2/c1-11(2)6-7(11)5-9(12)10(13)14-8-3-4-8/h5,7-8H,3-4,6H2,1-2H3/b9-5+. The second kappa shape index (κ2) is 3.07. The van der Waals surface area contributed by atoms with Crippen molar-refractivity contribution in [2.75, 3.05) is 0 Å². The van der Waals surface area contributed by atoms with Crippen LogP contribution in [0.5, 0.6) is 0 Å². The lowest BCUT2D eigenvalue weighted by Crippen LogP contribution is -2.07. The third-order valence-electron chi connectivity index (χ3n) is 2.93. The first kappa shape index (κ1) is 9.69. The lowest BCUT2D eigenvalue weighted by molar-refractivity contribution is -0.141. The summed E-state index contributed by atoms with van der Waals surface area (Å²) in [5.74, 6) is -1.29. The SMILES string of the molecule is CC1(C)CC1/C=C(/F)C(=O)OC1CC1. The molecule has 1 unspecified atom stereocenters. The molecular weight excluding hydrogens is 183 g/mol. The summed E-state index contributed by atoms with van der Waals surface area (Å²) in [7, 11) is 0. The molecule has 2 aliphatic rings. The fourth-order valence-electron chi connectivity index (χ4n) is 1.43. The molecule has 2 aliphatic carbocycles. The van der Waals surface area contributed by atoms with Crippen molar-refractivity contribution in [2.45, 2.75) is 39.2 Å². The van der Waals surface area contributed by atoms with E-state index in [2.05, 4.69) is 13.8 Å². The van der Waals surface area contributed by atoms with Crippen LogP contribution in [-0.4, -0.2) is 12.1 Å². The molecule has 2 saturated carbocycles. The van der Waals surface area contributed by atoms with Gasteiger partial charge in [0.25, 0.3) is 0 Å². The average molecular weight is 198 g/mol. The van der Waals surface area contributed by atoms with Gasteiger partial charge in [-0.15, -0.1) is 0 Å². The molecule has 0 bridgehead atoms. The first-order valence-electron chi connectivity index (χ1n) is 5.07. The predicted molar refractivity (Wildman–Crippen MR) is 50.2 cm³/mol. The largest absolute Gasteiger partial charge is 0.457 e. The number of halogens is 1. The summed E-state index contributed by atoms with van der Waals surface area (Å²) in [6.45, 7) is 4.13. The minimum absolute atomic E-state index is 0.0196. The highest BCUT2D eigenvalue weighted by atomic mass is 19.1. The monoisotopic (exact) mass is 198 g/mol. The van der Waals surface area contributed by atoms with Crippen molar-refractivity contribution in [1.29, 1.82) is 0 Å². The van der Waals surface area contributed by atoms with Crippen LogP contribution >= 0.6 is 0 Å². The van der Waals surface area contributed by atoms with Crippen molar-refractivity contribution < 1.29 is 13.9 Å². The summed E-state index contributed by atoms with van der Waals surface area (Å²) in [5.41, 5.74) is 0.164. The molecule has 0 saturated heterocycles. The number of hydrogen-bond acceptors (Lipinski definition) is 2. The van der Waals surface area contributed by atoms with Crippen LogP contribution in [0.1, 0.15) is 33.1 Å². The lowest BCUT2D eigenvalue weighted by Gasteiger charge is -2.00. The van der Waals surface area contributed by atoms with Crippen LogP contribution in [-0.2, 0) is 9.53 Å². The molecule has 3 heteroatoms. The van der Waals surface area contributed by atoms with E-state index in [-0.39, 0.29) is 17.4 Å². The van der Waals surface area contributed by atoms with Crippen molar-refractivity contribution in [3.8, 4) is 0 Å². The summed E-state index contributed by atoms with van der Waals surface area (Å²) in [6, 6.07) is 0. The first-order valence-corrected chi connectivity index (χ1v) is 5.07. The fraction of sp³-hybridized carbons (Fsp3) is 0.727. The van der Waals surface area contributed by atoms with E-state index in [1.165, 1.54) is 6.08 Å². The molecule has 0 aliphatic heterocycles. The Morgan fingerprint density at radius 1 is 1.50 bits per heavy atom. The highest BCUT2D eigenvalue weighted by molar-refractivity contribution is 5.86. The van der Waals surface area contributed by atoms with Gasteiger partial charge in [0.1, 0.15) is 6.10 Å². The van der Waals surface area contributed by atoms with Gasteiger partial charge in [0.15, 0.2) is 0 Å². The Hall–Kier alpha value is -0.860. The Balaban J connectivity index is 1.87. The second-order valence-electron chi connectivity index (χ2n) is 4.92. The summed E-state index contributed by atoms with van der Waals surface area (Å²) in [5, 5.41) is 0. The predicted octanol–water partition coefficient (Wildman–Crippen LogP) is 2.59. The van der Waals surface area contributed by atoms with E-state index in [1.807, 2.05) is 0 Å². The second-order valence-corrected chi connectivity index (χ2v) is 4.92. The summed E-state index contributed by atoms with van der Waals surface area (Å²) < 4.78 is 18.0. The zero-order valence-corrected chi connectivity index (χ0v) is 8.55. The smallest absolute Gasteiger partial charge is 0.367 e. The molecule has 78 valence electrons. The molecule has 2 fully saturated rings. The number of rotatable bonds is 3. The topological polar surface area (TPSA) is 26.3 Å². The highest BCUT2D eigenvalue weighted by Gasteiger charge is 2.44. The first-order chi connectivity index (χ1) is 6.49. The van der Waals surface area contributed by atoms with Crippen molar-refractivity contribution in [3.63, 3.8) is 0 Å². The van der Waals surface area contributed by atoms with Gasteiger partial charge in [-0.05, 0) is 36.7 Å². The van der Waals surface area contributed by atoms with Gasteiger partial charge in [-0.25, -0.2) is 4.79 Å². The molecule has 0 aromatic heterocycles. The summed E-state index contributed by atoms with van der Waals surface area (Å²) in [4.78, 5) is 11.1. The maximum absolute atomic E-state index is 13.2. The average Bonchev–Trinajstić information content (AvgIpc) is 2.93. The minimum Gasteiger partial charge on any atom is -0.457 e. The normalized spacial score (nSPS) is 29.9. The van der Waals surface area contributed by atoms with Gasteiger partial charge in [-0.3, -0.25) is 0 Å². The Bertz CT molecular complexity index is 290. The Kier molecular flexibility index (Phi) is 2.13. The van der Waals surface area contributed by atoms with Gasteiger partial charge in [0, 0.05) is 0 Å². The number of hydrogen-bond donors (Lipinski definition) is 0. The highest BCUT2D eigenvalue weighted by Crippen LogP contribution is 2.52. The van der Waals surface area contributed by atoms with Gasteiger partial charge in [-0.1, -0.05) is 13.8 Å². The van der Waals surface area contributed by atoms with Crippen LogP contribution in [0.15, 0.2) is 11.9 Å². The number of carbonyl (C=O) groups is 1. The number of esters is 1. The molecule has 2 nitrogen and oxygen atoms in total. The third-order valence-corrected chi connectivity index (χ3v) is 2.93. The number of allylic oxidation sites excluding steroid dienone is 1. The molecule has 0 heterocycles. The van der Waals surface area contributed by atoms with Gasteiger partial charge < -0.3 is 4.74 Å². The third kappa shape index (κ3) is 2.14. The molecule has 1 atom stereocenters. The van der Waals surface area contributed by atoms with E-state index in [0.29, 0.717) is 0 Å². The Labute approximate surface area is 83.1 Å². The van der Waals surface area contributed by atoms with Gasteiger partial charge in [0.2, 0.25) is 5.83 Å². The molecule has 0 amide bonds. The zero-order valence-electron chi connectivity index (χ0n) is 8.55. The van der Waals surface area contributed by atoms with Crippen LogP contribution < -0.4 is 0 Å². The van der Waals surface area contributed by atoms with E-state index in [9.17, 15) is 9.18 Å². The van der Waals surface area contributed by atoms with E-state index in [0.717, 1.165) is 19.3 Å². The number of carbonyl (C=O) groups excluding carboxylic acids is 1. The van der Waals surface area contributed by atoms with Crippen molar-refractivity contribution in [1.82, 2.24) is 0 Å². The number of ether oxygens (including phenoxy) is 1. The zero-order chi connectivity index (χ0) is 10.3. The Morgan fingerprint density at radius 2 is 2.07 bits per heavy atom. The fourth-order valence-corrected chi connectivity index (χ4v) is 1.43. The Morgan fingerprint density at radius 3 is 2.50 bits per heavy atom. The summed E-state index contributed by atoms with van der Waals surface area (Å²) >= 11 is 0. The van der Waals surface area contributed by atoms with Crippen LogP contribution in [0.25, 0.3) is 0 Å². The molecule has 0 aromatic carbocycles. The summed E-state index contributed by atoms with van der Waals surface area (Å²) in [6.07, 6.45) is 4.11. The van der Waals surface area contributed by atoms with Crippen LogP contribution in [0.4, 0.5) is 4.39 Å².